The van der Waals surface area contributed by atoms with Gasteiger partial charge in [0.05, 0.1) is 0 Å². The quantitative estimate of drug-likeness (QED) is 0.380. The summed E-state index contributed by atoms with van der Waals surface area (Å²) in [6, 6.07) is 9.65. The first-order chi connectivity index (χ1) is 9.60. The van der Waals surface area contributed by atoms with E-state index in [2.05, 4.69) is 29.2 Å². The third kappa shape index (κ3) is 3.85. The van der Waals surface area contributed by atoms with Crippen molar-refractivity contribution in [2.45, 2.75) is 30.5 Å². The fourth-order valence-corrected chi connectivity index (χ4v) is 2.81. The van der Waals surface area contributed by atoms with E-state index < -0.39 is 0 Å². The van der Waals surface area contributed by atoms with E-state index in [1.807, 2.05) is 30.3 Å². The summed E-state index contributed by atoms with van der Waals surface area (Å²) in [5.41, 5.74) is 3.67. The van der Waals surface area contributed by atoms with Gasteiger partial charge in [0.15, 0.2) is 0 Å². The number of hydrazine groups is 1. The number of halogens is 1. The predicted molar refractivity (Wildman–Crippen MR) is 84.9 cm³/mol. The number of benzene rings is 1. The second-order valence-electron chi connectivity index (χ2n) is 4.63. The first kappa shape index (κ1) is 15.1. The van der Waals surface area contributed by atoms with Gasteiger partial charge in [0.1, 0.15) is 16.7 Å². The third-order valence-electron chi connectivity index (χ3n) is 2.72. The molecule has 20 heavy (non-hydrogen) atoms. The van der Waals surface area contributed by atoms with E-state index in [9.17, 15) is 0 Å². The maximum atomic E-state index is 6.15. The van der Waals surface area contributed by atoms with Crippen LogP contribution in [0.4, 0.5) is 5.82 Å². The molecule has 6 heteroatoms. The molecule has 0 saturated heterocycles. The number of rotatable bonds is 5. The van der Waals surface area contributed by atoms with Crippen LogP contribution in [0, 0.1) is 0 Å². The van der Waals surface area contributed by atoms with Gasteiger partial charge in [0.25, 0.3) is 0 Å². The molecular formula is C14H17ClN4S. The van der Waals surface area contributed by atoms with Gasteiger partial charge in [-0.25, -0.2) is 15.8 Å². The molecule has 3 N–H and O–H groups in total. The predicted octanol–water partition coefficient (Wildman–Crippen LogP) is 3.83. The Hall–Kier alpha value is -1.30. The Bertz CT molecular complexity index is 589. The molecule has 1 heterocycles. The lowest BCUT2D eigenvalue weighted by molar-refractivity contribution is 0.754. The number of thioether (sulfide) groups is 1. The molecule has 0 saturated carbocycles. The second-order valence-corrected chi connectivity index (χ2v) is 6.03. The molecule has 2 aromatic rings. The van der Waals surface area contributed by atoms with E-state index in [4.69, 9.17) is 17.4 Å². The number of nitrogens with one attached hydrogen (secondary N) is 1. The molecule has 1 aromatic heterocycles. The zero-order chi connectivity index (χ0) is 14.5. The molecule has 0 bridgehead atoms. The summed E-state index contributed by atoms with van der Waals surface area (Å²) >= 11 is 7.77. The zero-order valence-corrected chi connectivity index (χ0v) is 13.0. The van der Waals surface area contributed by atoms with Crippen molar-refractivity contribution >= 4 is 29.2 Å². The van der Waals surface area contributed by atoms with E-state index >= 15 is 0 Å². The van der Waals surface area contributed by atoms with Crippen LogP contribution in [0.3, 0.4) is 0 Å². The van der Waals surface area contributed by atoms with Crippen molar-refractivity contribution < 1.29 is 0 Å². The number of aromatic nitrogens is 2. The molecule has 1 aromatic carbocycles. The van der Waals surface area contributed by atoms with E-state index in [1.54, 1.807) is 11.8 Å². The van der Waals surface area contributed by atoms with Crippen LogP contribution in [0.2, 0.25) is 5.02 Å². The molecule has 0 spiro atoms. The molecule has 0 aliphatic carbocycles. The van der Waals surface area contributed by atoms with Gasteiger partial charge in [-0.3, -0.25) is 0 Å². The summed E-state index contributed by atoms with van der Waals surface area (Å²) in [6.45, 7) is 4.11. The lowest BCUT2D eigenvalue weighted by Gasteiger charge is -2.10. The average molecular weight is 309 g/mol. The van der Waals surface area contributed by atoms with Gasteiger partial charge in [-0.1, -0.05) is 43.6 Å². The average Bonchev–Trinajstić information content (AvgIpc) is 2.46. The number of anilines is 1. The summed E-state index contributed by atoms with van der Waals surface area (Å²) in [5, 5.41) is 1.66. The molecule has 0 radical (unpaired) electrons. The topological polar surface area (TPSA) is 63.8 Å². The second kappa shape index (κ2) is 6.92. The van der Waals surface area contributed by atoms with Crippen molar-refractivity contribution in [2.75, 3.05) is 5.43 Å². The molecule has 0 unspecified atom stereocenters. The maximum absolute atomic E-state index is 6.15. The lowest BCUT2D eigenvalue weighted by Crippen LogP contribution is -2.11. The van der Waals surface area contributed by atoms with Crippen LogP contribution in [0.15, 0.2) is 35.4 Å². The molecule has 0 fully saturated rings. The highest BCUT2D eigenvalue weighted by molar-refractivity contribution is 7.98. The number of nitrogen functional groups attached to an aromatic ring is 1. The number of hydrogen-bond acceptors (Lipinski definition) is 5. The Labute approximate surface area is 128 Å². The molecule has 0 aliphatic rings. The van der Waals surface area contributed by atoms with E-state index in [1.165, 1.54) is 0 Å². The molecule has 0 amide bonds. The normalized spacial score (nSPS) is 10.8. The molecule has 106 valence electrons. The zero-order valence-electron chi connectivity index (χ0n) is 11.4. The van der Waals surface area contributed by atoms with Gasteiger partial charge < -0.3 is 5.43 Å². The Morgan fingerprint density at radius 3 is 2.70 bits per heavy atom. The van der Waals surface area contributed by atoms with Crippen LogP contribution in [-0.4, -0.2) is 9.97 Å². The van der Waals surface area contributed by atoms with E-state index in [0.717, 1.165) is 27.2 Å². The van der Waals surface area contributed by atoms with E-state index in [-0.39, 0.29) is 5.92 Å². The Morgan fingerprint density at radius 2 is 2.05 bits per heavy atom. The molecule has 0 atom stereocenters. The van der Waals surface area contributed by atoms with E-state index in [0.29, 0.717) is 5.82 Å². The van der Waals surface area contributed by atoms with Crippen molar-refractivity contribution in [3.05, 3.63) is 46.7 Å². The number of hydrogen-bond donors (Lipinski definition) is 2. The standard InChI is InChI=1S/C14H17ClN4S/c1-9(2)14-17-12(19-16)7-13(18-14)20-8-10-5-3-4-6-11(10)15/h3-7,9H,8,16H2,1-2H3,(H,17,18,19). The van der Waals surface area contributed by atoms with Gasteiger partial charge in [0, 0.05) is 22.8 Å². The van der Waals surface area contributed by atoms with Crippen molar-refractivity contribution in [1.82, 2.24) is 9.97 Å². The minimum absolute atomic E-state index is 0.253. The lowest BCUT2D eigenvalue weighted by atomic mass is 10.2. The highest BCUT2D eigenvalue weighted by Crippen LogP contribution is 2.27. The highest BCUT2D eigenvalue weighted by atomic mass is 35.5. The minimum Gasteiger partial charge on any atom is -0.308 e. The van der Waals surface area contributed by atoms with Crippen LogP contribution < -0.4 is 11.3 Å². The van der Waals surface area contributed by atoms with Crippen LogP contribution in [0.25, 0.3) is 0 Å². The van der Waals surface area contributed by atoms with Crippen molar-refractivity contribution in [2.24, 2.45) is 5.84 Å². The SMILES string of the molecule is CC(C)c1nc(NN)cc(SCc2ccccc2Cl)n1. The fourth-order valence-electron chi connectivity index (χ4n) is 1.62. The first-order valence-corrected chi connectivity index (χ1v) is 7.68. The third-order valence-corrected chi connectivity index (χ3v) is 4.05. The van der Waals surface area contributed by atoms with Gasteiger partial charge in [-0.05, 0) is 11.6 Å². The van der Waals surface area contributed by atoms with Crippen molar-refractivity contribution in [3.8, 4) is 0 Å². The molecule has 4 nitrogen and oxygen atoms in total. The summed E-state index contributed by atoms with van der Waals surface area (Å²) in [5.74, 6) is 7.87. The monoisotopic (exact) mass is 308 g/mol. The fraction of sp³-hybridized carbons (Fsp3) is 0.286. The number of nitrogens with zero attached hydrogens (tertiary/aromatic N) is 2. The summed E-state index contributed by atoms with van der Waals surface area (Å²) in [6.07, 6.45) is 0. The van der Waals surface area contributed by atoms with Crippen molar-refractivity contribution in [3.63, 3.8) is 0 Å². The minimum atomic E-state index is 0.253. The van der Waals surface area contributed by atoms with Gasteiger partial charge in [-0.15, -0.1) is 11.8 Å². The van der Waals surface area contributed by atoms with Crippen LogP contribution in [0.1, 0.15) is 31.2 Å². The van der Waals surface area contributed by atoms with Crippen LogP contribution >= 0.6 is 23.4 Å². The Balaban J connectivity index is 2.17. The maximum Gasteiger partial charge on any atom is 0.144 e. The molecular weight excluding hydrogens is 292 g/mol. The molecule has 2 rings (SSSR count). The first-order valence-electron chi connectivity index (χ1n) is 6.32. The smallest absolute Gasteiger partial charge is 0.144 e. The van der Waals surface area contributed by atoms with Gasteiger partial charge >= 0.3 is 0 Å². The largest absolute Gasteiger partial charge is 0.308 e. The Kier molecular flexibility index (Phi) is 5.23. The summed E-state index contributed by atoms with van der Waals surface area (Å²) in [7, 11) is 0. The summed E-state index contributed by atoms with van der Waals surface area (Å²) in [4.78, 5) is 8.88. The Morgan fingerprint density at radius 1 is 1.30 bits per heavy atom. The molecule has 0 aliphatic heterocycles. The van der Waals surface area contributed by atoms with Crippen LogP contribution in [0.5, 0.6) is 0 Å². The van der Waals surface area contributed by atoms with Gasteiger partial charge in [-0.2, -0.15) is 0 Å². The van der Waals surface area contributed by atoms with Gasteiger partial charge in [0.2, 0.25) is 0 Å². The van der Waals surface area contributed by atoms with Crippen molar-refractivity contribution in [1.29, 1.82) is 0 Å². The number of nitrogens with two attached hydrogens (primary N) is 1. The highest BCUT2D eigenvalue weighted by Gasteiger charge is 2.09. The summed E-state index contributed by atoms with van der Waals surface area (Å²) < 4.78 is 0. The van der Waals surface area contributed by atoms with Crippen LogP contribution in [-0.2, 0) is 5.75 Å².